The number of thiophene rings is 1. The van der Waals surface area contributed by atoms with Gasteiger partial charge in [-0.05, 0) is 24.6 Å². The largest absolute Gasteiger partial charge is 0.337 e. The first kappa shape index (κ1) is 18.7. The molecule has 30 heavy (non-hydrogen) atoms. The van der Waals surface area contributed by atoms with E-state index >= 15 is 0 Å². The zero-order valence-electron chi connectivity index (χ0n) is 15.9. The predicted octanol–water partition coefficient (Wildman–Crippen LogP) is 5.19. The molecule has 0 aliphatic carbocycles. The first-order valence-corrected chi connectivity index (χ1v) is 10.4. The van der Waals surface area contributed by atoms with E-state index in [4.69, 9.17) is 16.1 Å². The molecule has 0 unspecified atom stereocenters. The molecule has 0 bridgehead atoms. The van der Waals surface area contributed by atoms with Crippen molar-refractivity contribution in [2.24, 2.45) is 0 Å². The molecule has 0 N–H and O–H groups in total. The van der Waals surface area contributed by atoms with Gasteiger partial charge in [0.2, 0.25) is 11.7 Å². The third-order valence-electron chi connectivity index (χ3n) is 4.77. The smallest absolute Gasteiger partial charge is 0.263 e. The number of benzene rings is 2. The number of hydrogen-bond acceptors (Lipinski definition) is 6. The molecule has 0 aliphatic rings. The summed E-state index contributed by atoms with van der Waals surface area (Å²) < 4.78 is 6.86. The molecule has 8 heteroatoms. The summed E-state index contributed by atoms with van der Waals surface area (Å²) in [5, 5.41) is 5.21. The van der Waals surface area contributed by atoms with E-state index in [2.05, 4.69) is 15.1 Å². The molecule has 148 valence electrons. The average Bonchev–Trinajstić information content (AvgIpc) is 3.35. The fraction of sp³-hybridized carbons (Fsp3) is 0.0909. The number of fused-ring (bicyclic) bond motifs is 1. The second-order valence-electron chi connectivity index (χ2n) is 6.78. The standard InChI is InChI=1S/C22H15ClN4O2S/c1-13-18(14-6-3-2-4-7-14)19-21(30-13)24-12-27(22(19)28)11-17-25-20(26-29-17)15-8-5-9-16(23)10-15/h2-10,12H,11H2,1H3. The lowest BCUT2D eigenvalue weighted by Crippen LogP contribution is -2.21. The molecule has 5 aromatic rings. The van der Waals surface area contributed by atoms with Gasteiger partial charge in [-0.2, -0.15) is 4.98 Å². The third kappa shape index (κ3) is 3.32. The minimum absolute atomic E-state index is 0.134. The fourth-order valence-corrected chi connectivity index (χ4v) is 4.61. The van der Waals surface area contributed by atoms with Crippen LogP contribution in [0.15, 0.2) is 70.2 Å². The first-order valence-electron chi connectivity index (χ1n) is 9.22. The van der Waals surface area contributed by atoms with E-state index < -0.39 is 0 Å². The fourth-order valence-electron chi connectivity index (χ4n) is 3.41. The minimum Gasteiger partial charge on any atom is -0.337 e. The van der Waals surface area contributed by atoms with E-state index in [9.17, 15) is 4.79 Å². The van der Waals surface area contributed by atoms with E-state index in [0.29, 0.717) is 22.1 Å². The number of hydrogen-bond donors (Lipinski definition) is 0. The van der Waals surface area contributed by atoms with Crippen molar-refractivity contribution in [2.45, 2.75) is 13.5 Å². The van der Waals surface area contributed by atoms with Crippen LogP contribution >= 0.6 is 22.9 Å². The summed E-state index contributed by atoms with van der Waals surface area (Å²) in [5.41, 5.74) is 2.54. The quantitative estimate of drug-likeness (QED) is 0.389. The summed E-state index contributed by atoms with van der Waals surface area (Å²) in [6.45, 7) is 2.15. The lowest BCUT2D eigenvalue weighted by molar-refractivity contribution is 0.369. The van der Waals surface area contributed by atoms with Crippen LogP contribution < -0.4 is 5.56 Å². The molecule has 2 aromatic carbocycles. The molecular formula is C22H15ClN4O2S. The van der Waals surface area contributed by atoms with Gasteiger partial charge in [-0.3, -0.25) is 9.36 Å². The van der Waals surface area contributed by atoms with Crippen molar-refractivity contribution >= 4 is 33.2 Å². The van der Waals surface area contributed by atoms with Crippen LogP contribution in [-0.4, -0.2) is 19.7 Å². The number of rotatable bonds is 4. The molecule has 0 aliphatic heterocycles. The van der Waals surface area contributed by atoms with Crippen LogP contribution in [0.1, 0.15) is 10.8 Å². The normalized spacial score (nSPS) is 11.3. The molecule has 0 fully saturated rings. The summed E-state index contributed by atoms with van der Waals surface area (Å²) in [5.74, 6) is 0.743. The molecule has 0 saturated heterocycles. The Balaban J connectivity index is 1.55. The molecular weight excluding hydrogens is 420 g/mol. The molecule has 0 radical (unpaired) electrons. The number of aromatic nitrogens is 4. The van der Waals surface area contributed by atoms with Gasteiger partial charge in [0, 0.05) is 21.0 Å². The summed E-state index contributed by atoms with van der Waals surface area (Å²) in [6.07, 6.45) is 1.53. The number of aryl methyl sites for hydroxylation is 1. The van der Waals surface area contributed by atoms with Crippen LogP contribution in [0.25, 0.3) is 32.7 Å². The highest BCUT2D eigenvalue weighted by Gasteiger charge is 2.18. The summed E-state index contributed by atoms with van der Waals surface area (Å²) in [4.78, 5) is 24.0. The van der Waals surface area contributed by atoms with Gasteiger partial charge >= 0.3 is 0 Å². The second kappa shape index (κ2) is 7.51. The Morgan fingerprint density at radius 1 is 1.10 bits per heavy atom. The Bertz CT molecular complexity index is 1420. The topological polar surface area (TPSA) is 73.8 Å². The van der Waals surface area contributed by atoms with Crippen LogP contribution in [-0.2, 0) is 6.54 Å². The van der Waals surface area contributed by atoms with Crippen LogP contribution in [0.2, 0.25) is 5.02 Å². The second-order valence-corrected chi connectivity index (χ2v) is 8.42. The van der Waals surface area contributed by atoms with Crippen LogP contribution in [0.4, 0.5) is 0 Å². The molecule has 3 aromatic heterocycles. The van der Waals surface area contributed by atoms with E-state index in [1.54, 1.807) is 12.1 Å². The highest BCUT2D eigenvalue weighted by molar-refractivity contribution is 7.19. The Labute approximate surface area is 180 Å². The van der Waals surface area contributed by atoms with Gasteiger partial charge in [-0.25, -0.2) is 4.98 Å². The lowest BCUT2D eigenvalue weighted by atomic mass is 10.0. The Morgan fingerprint density at radius 3 is 2.70 bits per heavy atom. The van der Waals surface area contributed by atoms with Crippen molar-refractivity contribution in [2.75, 3.05) is 0 Å². The van der Waals surface area contributed by atoms with E-state index in [0.717, 1.165) is 26.4 Å². The van der Waals surface area contributed by atoms with Crippen molar-refractivity contribution in [1.82, 2.24) is 19.7 Å². The number of nitrogens with zero attached hydrogens (tertiary/aromatic N) is 4. The average molecular weight is 435 g/mol. The van der Waals surface area contributed by atoms with Crippen LogP contribution in [0.5, 0.6) is 0 Å². The molecule has 3 heterocycles. The Morgan fingerprint density at radius 2 is 1.90 bits per heavy atom. The van der Waals surface area contributed by atoms with Gasteiger partial charge in [0.25, 0.3) is 5.56 Å². The van der Waals surface area contributed by atoms with Crippen molar-refractivity contribution in [3.05, 3.63) is 87.1 Å². The summed E-state index contributed by atoms with van der Waals surface area (Å²) in [7, 11) is 0. The lowest BCUT2D eigenvalue weighted by Gasteiger charge is -2.04. The third-order valence-corrected chi connectivity index (χ3v) is 6.02. The minimum atomic E-state index is -0.134. The van der Waals surface area contributed by atoms with Gasteiger partial charge < -0.3 is 4.52 Å². The highest BCUT2D eigenvalue weighted by atomic mass is 35.5. The van der Waals surface area contributed by atoms with Crippen molar-refractivity contribution in [1.29, 1.82) is 0 Å². The number of halogens is 1. The molecule has 0 saturated carbocycles. The van der Waals surface area contributed by atoms with E-state index in [1.807, 2.05) is 49.4 Å². The van der Waals surface area contributed by atoms with Crippen molar-refractivity contribution in [3.8, 4) is 22.5 Å². The van der Waals surface area contributed by atoms with E-state index in [1.165, 1.54) is 22.2 Å². The van der Waals surface area contributed by atoms with Crippen LogP contribution in [0.3, 0.4) is 0 Å². The SMILES string of the molecule is Cc1sc2ncn(Cc3nc(-c4cccc(Cl)c4)no3)c(=O)c2c1-c1ccccc1. The van der Waals surface area contributed by atoms with Gasteiger partial charge in [0.15, 0.2) is 0 Å². The molecule has 0 amide bonds. The van der Waals surface area contributed by atoms with Crippen molar-refractivity contribution in [3.63, 3.8) is 0 Å². The molecule has 0 atom stereocenters. The predicted molar refractivity (Wildman–Crippen MR) is 118 cm³/mol. The van der Waals surface area contributed by atoms with E-state index in [-0.39, 0.29) is 12.1 Å². The van der Waals surface area contributed by atoms with Gasteiger partial charge in [-0.15, -0.1) is 11.3 Å². The Kier molecular flexibility index (Phi) is 4.69. The van der Waals surface area contributed by atoms with Gasteiger partial charge in [-0.1, -0.05) is 59.2 Å². The summed E-state index contributed by atoms with van der Waals surface area (Å²) >= 11 is 7.55. The first-order chi connectivity index (χ1) is 14.6. The maximum absolute atomic E-state index is 13.3. The Hall–Kier alpha value is -3.29. The van der Waals surface area contributed by atoms with Crippen molar-refractivity contribution < 1.29 is 4.52 Å². The zero-order valence-corrected chi connectivity index (χ0v) is 17.4. The monoisotopic (exact) mass is 434 g/mol. The highest BCUT2D eigenvalue weighted by Crippen LogP contribution is 2.35. The molecule has 6 nitrogen and oxygen atoms in total. The maximum Gasteiger partial charge on any atom is 0.263 e. The molecule has 0 spiro atoms. The van der Waals surface area contributed by atoms with Gasteiger partial charge in [0.05, 0.1) is 11.7 Å². The zero-order chi connectivity index (χ0) is 20.7. The van der Waals surface area contributed by atoms with Gasteiger partial charge in [0.1, 0.15) is 11.4 Å². The molecule has 5 rings (SSSR count). The maximum atomic E-state index is 13.3. The summed E-state index contributed by atoms with van der Waals surface area (Å²) in [6, 6.07) is 17.1. The van der Waals surface area contributed by atoms with Crippen LogP contribution in [0, 0.1) is 6.92 Å².